The van der Waals surface area contributed by atoms with Crippen LogP contribution >= 0.6 is 11.3 Å². The predicted molar refractivity (Wildman–Crippen MR) is 136 cm³/mol. The highest BCUT2D eigenvalue weighted by molar-refractivity contribution is 7.17. The van der Waals surface area contributed by atoms with Crippen LogP contribution in [0.1, 0.15) is 126 Å². The molecule has 1 aliphatic carbocycles. The molecule has 1 heterocycles. The van der Waals surface area contributed by atoms with Gasteiger partial charge >= 0.3 is 5.97 Å². The van der Waals surface area contributed by atoms with Crippen molar-refractivity contribution in [1.82, 2.24) is 0 Å². The molecule has 1 aromatic heterocycles. The van der Waals surface area contributed by atoms with Gasteiger partial charge in [0, 0.05) is 11.3 Å². The monoisotopic (exact) mass is 463 g/mol. The number of ether oxygens (including phenoxy) is 1. The van der Waals surface area contributed by atoms with Gasteiger partial charge in [0.05, 0.1) is 12.2 Å². The van der Waals surface area contributed by atoms with Crippen molar-refractivity contribution in [2.24, 2.45) is 11.3 Å². The number of fused-ring (bicyclic) bond motifs is 1. The van der Waals surface area contributed by atoms with Gasteiger partial charge in [0.25, 0.3) is 0 Å². The first-order valence-corrected chi connectivity index (χ1v) is 13.7. The molecule has 0 spiro atoms. The van der Waals surface area contributed by atoms with E-state index >= 15 is 0 Å². The van der Waals surface area contributed by atoms with Crippen molar-refractivity contribution >= 4 is 28.2 Å². The molecule has 0 fully saturated rings. The SMILES string of the molecule is CCCCCCCCCCCC(=O)Nc1sc2c(c1C(=O)OCC)CC[C@H](C(C)(C)C)C2. The first kappa shape index (κ1) is 26.9. The van der Waals surface area contributed by atoms with Gasteiger partial charge < -0.3 is 10.1 Å². The number of hydrogen-bond acceptors (Lipinski definition) is 4. The Morgan fingerprint density at radius 3 is 2.22 bits per heavy atom. The third-order valence-electron chi connectivity index (χ3n) is 6.73. The number of nitrogens with one attached hydrogen (secondary N) is 1. The molecule has 0 saturated heterocycles. The predicted octanol–water partition coefficient (Wildman–Crippen LogP) is 7.94. The molecule has 4 nitrogen and oxygen atoms in total. The molecular weight excluding hydrogens is 418 g/mol. The molecule has 1 atom stereocenters. The lowest BCUT2D eigenvalue weighted by molar-refractivity contribution is -0.116. The second kappa shape index (κ2) is 13.4. The quantitative estimate of drug-likeness (QED) is 0.239. The zero-order valence-corrected chi connectivity index (χ0v) is 21.9. The van der Waals surface area contributed by atoms with Crippen molar-refractivity contribution in [2.45, 2.75) is 118 Å². The average Bonchev–Trinajstić information content (AvgIpc) is 3.09. The fourth-order valence-electron chi connectivity index (χ4n) is 4.62. The van der Waals surface area contributed by atoms with E-state index in [0.717, 1.165) is 37.7 Å². The van der Waals surface area contributed by atoms with Gasteiger partial charge in [0.15, 0.2) is 0 Å². The third kappa shape index (κ3) is 8.20. The second-order valence-corrected chi connectivity index (χ2v) is 11.5. The van der Waals surface area contributed by atoms with Crippen LogP contribution in [0.3, 0.4) is 0 Å². The largest absolute Gasteiger partial charge is 0.462 e. The molecule has 1 aromatic rings. The van der Waals surface area contributed by atoms with Crippen molar-refractivity contribution in [2.75, 3.05) is 11.9 Å². The highest BCUT2D eigenvalue weighted by Gasteiger charge is 2.34. The maximum atomic E-state index is 12.7. The summed E-state index contributed by atoms with van der Waals surface area (Å²) in [7, 11) is 0. The Morgan fingerprint density at radius 1 is 1.00 bits per heavy atom. The number of unbranched alkanes of at least 4 members (excludes halogenated alkanes) is 8. The number of carbonyl (C=O) groups excluding carboxylic acids is 2. The van der Waals surface area contributed by atoms with Crippen molar-refractivity contribution in [1.29, 1.82) is 0 Å². The van der Waals surface area contributed by atoms with Crippen LogP contribution < -0.4 is 5.32 Å². The number of esters is 1. The van der Waals surface area contributed by atoms with E-state index in [2.05, 4.69) is 33.0 Å². The smallest absolute Gasteiger partial charge is 0.341 e. The van der Waals surface area contributed by atoms with E-state index in [9.17, 15) is 9.59 Å². The summed E-state index contributed by atoms with van der Waals surface area (Å²) in [5, 5.41) is 3.76. The molecule has 0 saturated carbocycles. The summed E-state index contributed by atoms with van der Waals surface area (Å²) in [4.78, 5) is 26.6. The summed E-state index contributed by atoms with van der Waals surface area (Å²) in [6, 6.07) is 0. The van der Waals surface area contributed by atoms with Crippen LogP contribution in [-0.2, 0) is 22.4 Å². The average molecular weight is 464 g/mol. The van der Waals surface area contributed by atoms with Gasteiger partial charge in [-0.25, -0.2) is 4.79 Å². The van der Waals surface area contributed by atoms with Crippen LogP contribution in [0.25, 0.3) is 0 Å². The summed E-state index contributed by atoms with van der Waals surface area (Å²) < 4.78 is 5.35. The molecule has 1 aliphatic rings. The Labute approximate surface area is 199 Å². The van der Waals surface area contributed by atoms with E-state index in [4.69, 9.17) is 4.74 Å². The number of amides is 1. The van der Waals surface area contributed by atoms with E-state index in [-0.39, 0.29) is 17.3 Å². The Balaban J connectivity index is 1.90. The van der Waals surface area contributed by atoms with Gasteiger partial charge in [-0.1, -0.05) is 79.1 Å². The van der Waals surface area contributed by atoms with Crippen LogP contribution in [0.5, 0.6) is 0 Å². The van der Waals surface area contributed by atoms with Crippen molar-refractivity contribution in [3.8, 4) is 0 Å². The minimum Gasteiger partial charge on any atom is -0.462 e. The van der Waals surface area contributed by atoms with E-state index in [1.165, 1.54) is 49.8 Å². The lowest BCUT2D eigenvalue weighted by Crippen LogP contribution is -2.26. The highest BCUT2D eigenvalue weighted by Crippen LogP contribution is 2.44. The summed E-state index contributed by atoms with van der Waals surface area (Å²) in [6.07, 6.45) is 14.6. The minimum atomic E-state index is -0.294. The van der Waals surface area contributed by atoms with Crippen LogP contribution in [0.4, 0.5) is 5.00 Å². The summed E-state index contributed by atoms with van der Waals surface area (Å²) in [5.41, 5.74) is 1.96. The van der Waals surface area contributed by atoms with Gasteiger partial charge in [-0.2, -0.15) is 0 Å². The number of anilines is 1. The molecule has 0 bridgehead atoms. The maximum absolute atomic E-state index is 12.7. The standard InChI is InChI=1S/C27H45NO3S/c1-6-8-9-10-11-12-13-14-15-16-23(29)28-25-24(26(30)31-7-2)21-18-17-20(27(3,4)5)19-22(21)32-25/h20H,6-19H2,1-5H3,(H,28,29)/t20-/m0/s1. The molecule has 5 heteroatoms. The molecule has 32 heavy (non-hydrogen) atoms. The number of carbonyl (C=O) groups is 2. The second-order valence-electron chi connectivity index (χ2n) is 10.4. The number of thiophene rings is 1. The topological polar surface area (TPSA) is 55.4 Å². The van der Waals surface area contributed by atoms with Crippen LogP contribution in [0, 0.1) is 11.3 Å². The molecule has 1 N–H and O–H groups in total. The van der Waals surface area contributed by atoms with E-state index < -0.39 is 0 Å². The Kier molecular flexibility index (Phi) is 11.2. The molecular formula is C27H45NO3S. The first-order chi connectivity index (χ1) is 15.3. The van der Waals surface area contributed by atoms with Gasteiger partial charge in [-0.05, 0) is 49.5 Å². The van der Waals surface area contributed by atoms with Crippen molar-refractivity contribution in [3.63, 3.8) is 0 Å². The lowest BCUT2D eigenvalue weighted by Gasteiger charge is -2.33. The van der Waals surface area contributed by atoms with Crippen molar-refractivity contribution in [3.05, 3.63) is 16.0 Å². The highest BCUT2D eigenvalue weighted by atomic mass is 32.1. The summed E-state index contributed by atoms with van der Waals surface area (Å²) in [6.45, 7) is 11.3. The first-order valence-electron chi connectivity index (χ1n) is 12.9. The molecule has 0 aliphatic heterocycles. The summed E-state index contributed by atoms with van der Waals surface area (Å²) >= 11 is 1.59. The molecule has 2 rings (SSSR count). The summed E-state index contributed by atoms with van der Waals surface area (Å²) in [5.74, 6) is 0.316. The van der Waals surface area contributed by atoms with Crippen LogP contribution in [0.2, 0.25) is 0 Å². The Hall–Kier alpha value is -1.36. The van der Waals surface area contributed by atoms with Gasteiger partial charge in [0.1, 0.15) is 5.00 Å². The van der Waals surface area contributed by atoms with Gasteiger partial charge in [-0.15, -0.1) is 11.3 Å². The zero-order chi connectivity index (χ0) is 23.6. The molecule has 182 valence electrons. The normalized spacial score (nSPS) is 16.0. The number of hydrogen-bond donors (Lipinski definition) is 1. The Bertz CT molecular complexity index is 732. The minimum absolute atomic E-state index is 0.0180. The molecule has 1 amide bonds. The lowest BCUT2D eigenvalue weighted by atomic mass is 9.72. The van der Waals surface area contributed by atoms with E-state index in [0.29, 0.717) is 29.5 Å². The fraction of sp³-hybridized carbons (Fsp3) is 0.778. The van der Waals surface area contributed by atoms with Gasteiger partial charge in [-0.3, -0.25) is 4.79 Å². The molecule has 0 radical (unpaired) electrons. The van der Waals surface area contributed by atoms with Crippen LogP contribution in [-0.4, -0.2) is 18.5 Å². The fourth-order valence-corrected chi connectivity index (χ4v) is 5.95. The maximum Gasteiger partial charge on any atom is 0.341 e. The van der Waals surface area contributed by atoms with E-state index in [1.807, 2.05) is 6.92 Å². The molecule has 0 unspecified atom stereocenters. The van der Waals surface area contributed by atoms with E-state index in [1.54, 1.807) is 11.3 Å². The van der Waals surface area contributed by atoms with Gasteiger partial charge in [0.2, 0.25) is 5.91 Å². The zero-order valence-electron chi connectivity index (χ0n) is 21.1. The van der Waals surface area contributed by atoms with Crippen molar-refractivity contribution < 1.29 is 14.3 Å². The molecule has 0 aromatic carbocycles. The number of rotatable bonds is 13. The third-order valence-corrected chi connectivity index (χ3v) is 7.90. The van der Waals surface area contributed by atoms with Crippen LogP contribution in [0.15, 0.2) is 0 Å². The Morgan fingerprint density at radius 2 is 1.62 bits per heavy atom.